The van der Waals surface area contributed by atoms with E-state index in [1.807, 2.05) is 0 Å². The first-order valence-corrected chi connectivity index (χ1v) is 6.08. The summed E-state index contributed by atoms with van der Waals surface area (Å²) in [7, 11) is 1.59. The topological polar surface area (TPSA) is 55.6 Å². The van der Waals surface area contributed by atoms with Crippen LogP contribution in [0.1, 0.15) is 12.8 Å². The predicted octanol–water partition coefficient (Wildman–Crippen LogP) is 2.67. The molecule has 0 aliphatic heterocycles. The molecule has 0 radical (unpaired) electrons. The van der Waals surface area contributed by atoms with Crippen molar-refractivity contribution in [2.24, 2.45) is 11.8 Å². The number of carbonyl (C=O) groups is 1. The fraction of sp³-hybridized carbons (Fsp3) is 0.267. The minimum atomic E-state index is -0.220. The van der Waals surface area contributed by atoms with Crippen molar-refractivity contribution < 1.29 is 9.53 Å². The zero-order valence-electron chi connectivity index (χ0n) is 11.2. The molecule has 1 amide bonds. The van der Waals surface area contributed by atoms with E-state index in [2.05, 4.69) is 13.2 Å². The summed E-state index contributed by atoms with van der Waals surface area (Å²) in [5, 5.41) is 1.16. The number of ether oxygens (including phenoxy) is 1. The Hall–Kier alpha value is -2.07. The highest BCUT2D eigenvalue weighted by Crippen LogP contribution is 2.20. The van der Waals surface area contributed by atoms with Crippen LogP contribution in [0, 0.1) is 5.92 Å². The number of hydrogen-bond donors (Lipinski definition) is 1. The maximum atomic E-state index is 12.3. The second kappa shape index (κ2) is 7.38. The molecule has 1 aromatic carbocycles. The molecule has 4 nitrogen and oxygen atoms in total. The highest BCUT2D eigenvalue weighted by molar-refractivity contribution is 5.94. The van der Waals surface area contributed by atoms with Gasteiger partial charge in [0.2, 0.25) is 5.91 Å². The van der Waals surface area contributed by atoms with E-state index < -0.39 is 0 Å². The van der Waals surface area contributed by atoms with Gasteiger partial charge in [-0.1, -0.05) is 12.2 Å². The molecule has 0 aromatic heterocycles. The summed E-state index contributed by atoms with van der Waals surface area (Å²) in [6.45, 7) is 7.32. The number of nitrogens with two attached hydrogens (primary N) is 1. The van der Waals surface area contributed by atoms with Crippen molar-refractivity contribution in [2.45, 2.75) is 12.8 Å². The van der Waals surface area contributed by atoms with Crippen molar-refractivity contribution >= 4 is 11.6 Å². The third kappa shape index (κ3) is 3.96. The third-order valence-electron chi connectivity index (χ3n) is 2.84. The predicted molar refractivity (Wildman–Crippen MR) is 77.8 cm³/mol. The van der Waals surface area contributed by atoms with Crippen LogP contribution in [0.15, 0.2) is 49.6 Å². The van der Waals surface area contributed by atoms with Gasteiger partial charge in [0.15, 0.2) is 0 Å². The summed E-state index contributed by atoms with van der Waals surface area (Å²) in [6, 6.07) is 7.02. The number of anilines is 1. The molecule has 1 rings (SSSR count). The second-order valence-electron chi connectivity index (χ2n) is 4.15. The molecule has 102 valence electrons. The third-order valence-corrected chi connectivity index (χ3v) is 2.84. The van der Waals surface area contributed by atoms with E-state index in [-0.39, 0.29) is 11.8 Å². The quantitative estimate of drug-likeness (QED) is 0.355. The van der Waals surface area contributed by atoms with E-state index in [9.17, 15) is 4.79 Å². The van der Waals surface area contributed by atoms with Crippen LogP contribution in [0.25, 0.3) is 0 Å². The van der Waals surface area contributed by atoms with E-state index >= 15 is 0 Å². The average Bonchev–Trinajstić information content (AvgIpc) is 2.45. The largest absolute Gasteiger partial charge is 0.497 e. The van der Waals surface area contributed by atoms with Gasteiger partial charge in [0.25, 0.3) is 0 Å². The molecule has 0 aliphatic rings. The van der Waals surface area contributed by atoms with Gasteiger partial charge in [-0.25, -0.2) is 10.9 Å². The molecule has 0 heterocycles. The number of allylic oxidation sites excluding steroid dienone is 2. The van der Waals surface area contributed by atoms with Gasteiger partial charge in [-0.15, -0.1) is 13.2 Å². The van der Waals surface area contributed by atoms with E-state index in [0.29, 0.717) is 18.5 Å². The molecule has 0 saturated heterocycles. The maximum Gasteiger partial charge on any atom is 0.244 e. The Morgan fingerprint density at radius 3 is 2.26 bits per heavy atom. The molecule has 0 saturated carbocycles. The lowest BCUT2D eigenvalue weighted by Gasteiger charge is -2.22. The van der Waals surface area contributed by atoms with Gasteiger partial charge in [-0.2, -0.15) is 0 Å². The maximum absolute atomic E-state index is 12.3. The van der Waals surface area contributed by atoms with Gasteiger partial charge in [0, 0.05) is 5.92 Å². The van der Waals surface area contributed by atoms with Crippen molar-refractivity contribution in [3.05, 3.63) is 49.6 Å². The summed E-state index contributed by atoms with van der Waals surface area (Å²) < 4.78 is 5.06. The van der Waals surface area contributed by atoms with Crippen molar-refractivity contribution in [1.29, 1.82) is 0 Å². The fourth-order valence-corrected chi connectivity index (χ4v) is 1.77. The first-order valence-electron chi connectivity index (χ1n) is 6.08. The summed E-state index contributed by atoms with van der Waals surface area (Å²) >= 11 is 0. The van der Waals surface area contributed by atoms with Crippen molar-refractivity contribution in [3.8, 4) is 5.75 Å². The van der Waals surface area contributed by atoms with Crippen LogP contribution in [0.5, 0.6) is 5.75 Å². The van der Waals surface area contributed by atoms with Gasteiger partial charge in [0.1, 0.15) is 5.75 Å². The number of hydrazine groups is 1. The summed E-state index contributed by atoms with van der Waals surface area (Å²) in [5.74, 6) is 6.22. The Morgan fingerprint density at radius 2 is 1.84 bits per heavy atom. The number of nitrogens with zero attached hydrogens (tertiary/aromatic N) is 1. The van der Waals surface area contributed by atoms with Gasteiger partial charge in [0.05, 0.1) is 12.8 Å². The van der Waals surface area contributed by atoms with Gasteiger partial charge >= 0.3 is 0 Å². The zero-order chi connectivity index (χ0) is 14.3. The van der Waals surface area contributed by atoms with Crippen molar-refractivity contribution in [1.82, 2.24) is 0 Å². The molecule has 4 heteroatoms. The van der Waals surface area contributed by atoms with Crippen LogP contribution in [0.2, 0.25) is 0 Å². The molecular weight excluding hydrogens is 240 g/mol. The van der Waals surface area contributed by atoms with Crippen LogP contribution < -0.4 is 15.6 Å². The molecule has 0 fully saturated rings. The number of methoxy groups -OCH3 is 1. The highest BCUT2D eigenvalue weighted by Gasteiger charge is 2.21. The summed E-state index contributed by atoms with van der Waals surface area (Å²) in [4.78, 5) is 12.3. The van der Waals surface area contributed by atoms with Crippen LogP contribution in [0.4, 0.5) is 5.69 Å². The summed E-state index contributed by atoms with van der Waals surface area (Å²) in [5.41, 5.74) is 0.629. The molecular formula is C15H20N2O2. The van der Waals surface area contributed by atoms with E-state index in [1.165, 1.54) is 0 Å². The van der Waals surface area contributed by atoms with Crippen molar-refractivity contribution in [3.63, 3.8) is 0 Å². The first kappa shape index (κ1) is 15.0. The molecule has 0 unspecified atom stereocenters. The number of carbonyl (C=O) groups excluding carboxylic acids is 1. The van der Waals surface area contributed by atoms with Crippen LogP contribution in [-0.2, 0) is 4.79 Å². The van der Waals surface area contributed by atoms with Crippen molar-refractivity contribution in [2.75, 3.05) is 12.1 Å². The normalized spacial score (nSPS) is 10.1. The Morgan fingerprint density at radius 1 is 1.32 bits per heavy atom. The lowest BCUT2D eigenvalue weighted by Crippen LogP contribution is -2.41. The molecule has 0 aliphatic carbocycles. The lowest BCUT2D eigenvalue weighted by molar-refractivity contribution is -0.122. The molecule has 0 spiro atoms. The molecule has 2 N–H and O–H groups in total. The summed E-state index contributed by atoms with van der Waals surface area (Å²) in [6.07, 6.45) is 4.59. The monoisotopic (exact) mass is 260 g/mol. The number of rotatable bonds is 7. The highest BCUT2D eigenvalue weighted by atomic mass is 16.5. The molecule has 19 heavy (non-hydrogen) atoms. The van der Waals surface area contributed by atoms with E-state index in [1.54, 1.807) is 43.5 Å². The standard InChI is InChI=1S/C15H20N2O2/c1-4-6-12(7-5-2)15(18)17(16)13-8-10-14(19-3)11-9-13/h4-5,8-12H,1-2,6-7,16H2,3H3. The average molecular weight is 260 g/mol. The first-order chi connectivity index (χ1) is 9.13. The van der Waals surface area contributed by atoms with Gasteiger partial charge in [-0.3, -0.25) is 4.79 Å². The van der Waals surface area contributed by atoms with E-state index in [4.69, 9.17) is 10.6 Å². The van der Waals surface area contributed by atoms with Gasteiger partial charge < -0.3 is 4.74 Å². The Kier molecular flexibility index (Phi) is 5.82. The Balaban J connectivity index is 2.83. The Labute approximate surface area is 114 Å². The van der Waals surface area contributed by atoms with Crippen LogP contribution in [-0.4, -0.2) is 13.0 Å². The van der Waals surface area contributed by atoms with Crippen LogP contribution >= 0.6 is 0 Å². The number of benzene rings is 1. The molecule has 0 bridgehead atoms. The minimum Gasteiger partial charge on any atom is -0.497 e. The molecule has 1 aromatic rings. The zero-order valence-corrected chi connectivity index (χ0v) is 11.2. The smallest absolute Gasteiger partial charge is 0.244 e. The molecule has 0 atom stereocenters. The SMILES string of the molecule is C=CCC(CC=C)C(=O)N(N)c1ccc(OC)cc1. The number of amides is 1. The van der Waals surface area contributed by atoms with Gasteiger partial charge in [-0.05, 0) is 37.1 Å². The minimum absolute atomic E-state index is 0.148. The van der Waals surface area contributed by atoms with Crippen LogP contribution in [0.3, 0.4) is 0 Å². The lowest BCUT2D eigenvalue weighted by atomic mass is 10.00. The fourth-order valence-electron chi connectivity index (χ4n) is 1.77. The second-order valence-corrected chi connectivity index (χ2v) is 4.15. The van der Waals surface area contributed by atoms with E-state index in [0.717, 1.165) is 10.8 Å². The Bertz CT molecular complexity index is 430. The number of hydrogen-bond acceptors (Lipinski definition) is 3.